The van der Waals surface area contributed by atoms with Crippen LogP contribution in [0.5, 0.6) is 5.75 Å². The maximum atomic E-state index is 14.0. The number of aliphatic hydroxyl groups is 1. The number of ketones is 1. The molecule has 1 N–H and O–H groups in total. The highest BCUT2D eigenvalue weighted by Crippen LogP contribution is 2.31. The Balaban J connectivity index is 2.05. The molecule has 27 heavy (non-hydrogen) atoms. The van der Waals surface area contributed by atoms with Crippen molar-refractivity contribution in [2.75, 3.05) is 13.2 Å². The van der Waals surface area contributed by atoms with Crippen LogP contribution < -0.4 is 4.74 Å². The Morgan fingerprint density at radius 3 is 2.37 bits per heavy atom. The summed E-state index contributed by atoms with van der Waals surface area (Å²) in [6.07, 6.45) is 0. The highest BCUT2D eigenvalue weighted by Gasteiger charge is 2.11. The molecule has 2 rings (SSSR count). The lowest BCUT2D eigenvalue weighted by molar-refractivity contribution is -0.140. The number of ether oxygens (including phenoxy) is 1. The van der Waals surface area contributed by atoms with Crippen LogP contribution >= 0.6 is 11.8 Å². The summed E-state index contributed by atoms with van der Waals surface area (Å²) < 4.78 is 19.0. The minimum absolute atomic E-state index is 0.0269. The summed E-state index contributed by atoms with van der Waals surface area (Å²) in [4.78, 5) is 28.8. The lowest BCUT2D eigenvalue weighted by atomic mass is 10.1. The van der Waals surface area contributed by atoms with Crippen molar-refractivity contribution in [2.24, 2.45) is 5.16 Å². The topological polar surface area (TPSA) is 85.2 Å². The predicted molar refractivity (Wildman–Crippen MR) is 98.8 cm³/mol. The van der Waals surface area contributed by atoms with Gasteiger partial charge in [0.25, 0.3) is 0 Å². The highest BCUT2D eigenvalue weighted by molar-refractivity contribution is 7.99. The molecule has 0 spiro atoms. The van der Waals surface area contributed by atoms with Gasteiger partial charge in [-0.05, 0) is 49.4 Å². The Bertz CT molecular complexity index is 852. The van der Waals surface area contributed by atoms with Gasteiger partial charge in [-0.25, -0.2) is 9.18 Å². The fourth-order valence-electron chi connectivity index (χ4n) is 2.01. The van der Waals surface area contributed by atoms with E-state index in [2.05, 4.69) is 9.99 Å². The maximum absolute atomic E-state index is 14.0. The number of nitrogens with zero attached hydrogens (tertiary/aromatic N) is 1. The van der Waals surface area contributed by atoms with Crippen LogP contribution in [0.4, 0.5) is 4.39 Å². The third-order valence-electron chi connectivity index (χ3n) is 3.24. The summed E-state index contributed by atoms with van der Waals surface area (Å²) in [5, 5.41) is 12.2. The van der Waals surface area contributed by atoms with E-state index in [0.717, 1.165) is 4.90 Å². The molecule has 0 aromatic heterocycles. The van der Waals surface area contributed by atoms with Gasteiger partial charge in [-0.15, -0.1) is 0 Å². The van der Waals surface area contributed by atoms with Crippen molar-refractivity contribution in [3.63, 3.8) is 0 Å². The molecular formula is C19H18FNO5S. The predicted octanol–water partition coefficient (Wildman–Crippen LogP) is 3.47. The number of hydrogen-bond acceptors (Lipinski definition) is 7. The Hall–Kier alpha value is -2.71. The molecule has 2 aromatic carbocycles. The van der Waals surface area contributed by atoms with Gasteiger partial charge in [0, 0.05) is 22.3 Å². The number of benzene rings is 2. The van der Waals surface area contributed by atoms with Crippen LogP contribution in [-0.4, -0.2) is 35.8 Å². The SMILES string of the molecule is CC(=O)ON=C(C)C(=O)c1ccc(Sc2ccc(OCCO)c(F)c2)cc1. The standard InChI is InChI=1S/C19H18FNO5S/c1-12(21-26-13(2)23)19(24)14-3-5-15(6-4-14)27-16-7-8-18(17(20)11-16)25-10-9-22/h3-8,11,22H,9-10H2,1-2H3. The second-order valence-electron chi connectivity index (χ2n) is 5.38. The van der Waals surface area contributed by atoms with Crippen LogP contribution in [0, 0.1) is 5.82 Å². The van der Waals surface area contributed by atoms with Gasteiger partial charge < -0.3 is 14.7 Å². The largest absolute Gasteiger partial charge is 0.488 e. The first-order valence-corrected chi connectivity index (χ1v) is 8.80. The molecular weight excluding hydrogens is 373 g/mol. The van der Waals surface area contributed by atoms with Crippen LogP contribution in [0.1, 0.15) is 24.2 Å². The van der Waals surface area contributed by atoms with Crippen LogP contribution in [0.3, 0.4) is 0 Å². The first kappa shape index (κ1) is 20.6. The average Bonchev–Trinajstić information content (AvgIpc) is 2.65. The van der Waals surface area contributed by atoms with Crippen molar-refractivity contribution in [3.8, 4) is 5.75 Å². The Labute approximate surface area is 160 Å². The van der Waals surface area contributed by atoms with E-state index in [1.807, 2.05) is 0 Å². The summed E-state index contributed by atoms with van der Waals surface area (Å²) >= 11 is 1.32. The molecule has 0 saturated heterocycles. The van der Waals surface area contributed by atoms with E-state index < -0.39 is 11.8 Å². The molecule has 6 nitrogen and oxygen atoms in total. The molecule has 0 heterocycles. The fraction of sp³-hybridized carbons (Fsp3) is 0.211. The molecule has 0 aliphatic rings. The number of hydrogen-bond donors (Lipinski definition) is 1. The van der Waals surface area contributed by atoms with Gasteiger partial charge in [-0.2, -0.15) is 0 Å². The summed E-state index contributed by atoms with van der Waals surface area (Å²) in [6, 6.07) is 11.2. The minimum atomic E-state index is -0.603. The number of carbonyl (C=O) groups is 2. The molecule has 0 aliphatic carbocycles. The molecule has 142 valence electrons. The molecule has 0 saturated carbocycles. The lowest BCUT2D eigenvalue weighted by Gasteiger charge is -2.08. The van der Waals surface area contributed by atoms with E-state index in [4.69, 9.17) is 9.84 Å². The highest BCUT2D eigenvalue weighted by atomic mass is 32.2. The van der Waals surface area contributed by atoms with Crippen LogP contribution in [0.15, 0.2) is 57.4 Å². The first-order chi connectivity index (χ1) is 12.9. The van der Waals surface area contributed by atoms with Gasteiger partial charge in [-0.3, -0.25) is 4.79 Å². The number of aliphatic hydroxyl groups excluding tert-OH is 1. The lowest BCUT2D eigenvalue weighted by Crippen LogP contribution is -2.11. The summed E-state index contributed by atoms with van der Waals surface area (Å²) in [5.74, 6) is -1.40. The van der Waals surface area contributed by atoms with Crippen molar-refractivity contribution in [2.45, 2.75) is 23.6 Å². The quantitative estimate of drug-likeness (QED) is 0.321. The molecule has 0 aliphatic heterocycles. The van der Waals surface area contributed by atoms with Crippen molar-refractivity contribution in [3.05, 3.63) is 53.8 Å². The van der Waals surface area contributed by atoms with E-state index in [1.54, 1.807) is 30.3 Å². The molecule has 2 aromatic rings. The van der Waals surface area contributed by atoms with Crippen molar-refractivity contribution < 1.29 is 28.7 Å². The van der Waals surface area contributed by atoms with E-state index in [0.29, 0.717) is 10.5 Å². The second-order valence-corrected chi connectivity index (χ2v) is 6.53. The summed E-state index contributed by atoms with van der Waals surface area (Å²) in [5.41, 5.74) is 0.456. The fourth-order valence-corrected chi connectivity index (χ4v) is 2.85. The molecule has 0 unspecified atom stereocenters. The van der Waals surface area contributed by atoms with Gasteiger partial charge >= 0.3 is 5.97 Å². The van der Waals surface area contributed by atoms with Crippen LogP contribution in [0.25, 0.3) is 0 Å². The number of rotatable bonds is 8. The Morgan fingerprint density at radius 2 is 1.78 bits per heavy atom. The molecule has 0 fully saturated rings. The second kappa shape index (κ2) is 9.84. The van der Waals surface area contributed by atoms with E-state index in [-0.39, 0.29) is 30.5 Å². The number of Topliss-reactive ketones (excluding diaryl/α,β-unsaturated/α-hetero) is 1. The van der Waals surface area contributed by atoms with Gasteiger partial charge in [0.2, 0.25) is 5.78 Å². The van der Waals surface area contributed by atoms with E-state index in [9.17, 15) is 14.0 Å². The monoisotopic (exact) mass is 391 g/mol. The Morgan fingerprint density at radius 1 is 1.11 bits per heavy atom. The third kappa shape index (κ3) is 6.19. The first-order valence-electron chi connectivity index (χ1n) is 7.98. The zero-order chi connectivity index (χ0) is 19.8. The van der Waals surface area contributed by atoms with Crippen molar-refractivity contribution in [1.29, 1.82) is 0 Å². The van der Waals surface area contributed by atoms with Crippen molar-refractivity contribution in [1.82, 2.24) is 0 Å². The van der Waals surface area contributed by atoms with E-state index >= 15 is 0 Å². The van der Waals surface area contributed by atoms with Gasteiger partial charge in [0.1, 0.15) is 12.3 Å². The minimum Gasteiger partial charge on any atom is -0.488 e. The maximum Gasteiger partial charge on any atom is 0.331 e. The van der Waals surface area contributed by atoms with Gasteiger partial charge in [0.15, 0.2) is 11.6 Å². The number of oxime groups is 1. The molecule has 0 bridgehead atoms. The number of halogens is 1. The average molecular weight is 391 g/mol. The Kier molecular flexibility index (Phi) is 7.51. The van der Waals surface area contributed by atoms with Gasteiger partial charge in [0.05, 0.1) is 6.61 Å². The van der Waals surface area contributed by atoms with Crippen LogP contribution in [-0.2, 0) is 9.63 Å². The molecule has 8 heteroatoms. The normalized spacial score (nSPS) is 11.2. The van der Waals surface area contributed by atoms with E-state index in [1.165, 1.54) is 37.7 Å². The third-order valence-corrected chi connectivity index (χ3v) is 4.24. The molecule has 0 amide bonds. The zero-order valence-electron chi connectivity index (χ0n) is 14.8. The molecule has 0 radical (unpaired) electrons. The summed E-state index contributed by atoms with van der Waals surface area (Å²) in [6.45, 7) is 2.49. The summed E-state index contributed by atoms with van der Waals surface area (Å²) in [7, 11) is 0. The van der Waals surface area contributed by atoms with Crippen molar-refractivity contribution >= 4 is 29.2 Å². The number of carbonyl (C=O) groups excluding carboxylic acids is 2. The molecule has 0 atom stereocenters. The smallest absolute Gasteiger partial charge is 0.331 e. The zero-order valence-corrected chi connectivity index (χ0v) is 15.6. The van der Waals surface area contributed by atoms with Crippen LogP contribution in [0.2, 0.25) is 0 Å². The van der Waals surface area contributed by atoms with Gasteiger partial charge in [-0.1, -0.05) is 16.9 Å².